The zero-order valence-corrected chi connectivity index (χ0v) is 13.0. The number of amides is 1. The minimum atomic E-state index is -0.513. The van der Waals surface area contributed by atoms with Gasteiger partial charge in [0.15, 0.2) is 0 Å². The summed E-state index contributed by atoms with van der Waals surface area (Å²) < 4.78 is 5.16. The fourth-order valence-corrected chi connectivity index (χ4v) is 1.75. The lowest BCUT2D eigenvalue weighted by Crippen LogP contribution is -2.27. The molecule has 2 N–H and O–H groups in total. The Balaban J connectivity index is 2.52. The summed E-state index contributed by atoms with van der Waals surface area (Å²) in [6, 6.07) is 4.06. The fraction of sp³-hybridized carbons (Fsp3) is 0.600. The number of carbonyl (C=O) groups excluding carboxylic acids is 1. The second-order valence-electron chi connectivity index (χ2n) is 5.89. The third kappa shape index (κ3) is 6.41. The second kappa shape index (κ2) is 7.12. The predicted molar refractivity (Wildman–Crippen MR) is 82.1 cm³/mol. The SMILES string of the molecule is CCCC(C)Nc1ccc(NC(=O)OC(C)(C)C)nc1. The van der Waals surface area contributed by atoms with Crippen molar-refractivity contribution >= 4 is 17.6 Å². The van der Waals surface area contributed by atoms with Gasteiger partial charge in [-0.15, -0.1) is 0 Å². The van der Waals surface area contributed by atoms with Gasteiger partial charge in [0.2, 0.25) is 0 Å². The van der Waals surface area contributed by atoms with Gasteiger partial charge in [0.05, 0.1) is 11.9 Å². The Morgan fingerprint density at radius 2 is 2.10 bits per heavy atom. The molecule has 0 aliphatic rings. The number of pyridine rings is 1. The highest BCUT2D eigenvalue weighted by atomic mass is 16.6. The van der Waals surface area contributed by atoms with Crippen molar-refractivity contribution in [3.05, 3.63) is 18.3 Å². The van der Waals surface area contributed by atoms with Crippen molar-refractivity contribution in [2.24, 2.45) is 0 Å². The fourth-order valence-electron chi connectivity index (χ4n) is 1.75. The van der Waals surface area contributed by atoms with Crippen LogP contribution in [0.3, 0.4) is 0 Å². The highest BCUT2D eigenvalue weighted by Crippen LogP contribution is 2.14. The van der Waals surface area contributed by atoms with E-state index in [1.807, 2.05) is 26.8 Å². The van der Waals surface area contributed by atoms with E-state index in [0.717, 1.165) is 18.5 Å². The number of nitrogens with one attached hydrogen (secondary N) is 2. The number of aromatic nitrogens is 1. The molecule has 0 spiro atoms. The Morgan fingerprint density at radius 3 is 2.60 bits per heavy atom. The molecule has 0 aromatic carbocycles. The van der Waals surface area contributed by atoms with Crippen molar-refractivity contribution in [3.8, 4) is 0 Å². The second-order valence-corrected chi connectivity index (χ2v) is 5.89. The quantitative estimate of drug-likeness (QED) is 0.854. The molecule has 0 aliphatic heterocycles. The molecule has 0 fully saturated rings. The Bertz CT molecular complexity index is 424. The van der Waals surface area contributed by atoms with Crippen LogP contribution in [0.25, 0.3) is 0 Å². The van der Waals surface area contributed by atoms with Gasteiger partial charge in [-0.25, -0.2) is 9.78 Å². The first-order valence-electron chi connectivity index (χ1n) is 7.02. The molecule has 1 aromatic heterocycles. The topological polar surface area (TPSA) is 63.2 Å². The van der Waals surface area contributed by atoms with Crippen LogP contribution in [-0.4, -0.2) is 22.7 Å². The normalized spacial score (nSPS) is 12.7. The van der Waals surface area contributed by atoms with E-state index < -0.39 is 11.7 Å². The van der Waals surface area contributed by atoms with Gasteiger partial charge in [-0.2, -0.15) is 0 Å². The average Bonchev–Trinajstić information content (AvgIpc) is 2.29. The van der Waals surface area contributed by atoms with Gasteiger partial charge < -0.3 is 10.1 Å². The van der Waals surface area contributed by atoms with Crippen LogP contribution in [0.2, 0.25) is 0 Å². The van der Waals surface area contributed by atoms with Crippen LogP contribution in [0, 0.1) is 0 Å². The summed E-state index contributed by atoms with van der Waals surface area (Å²) in [5.41, 5.74) is 0.432. The summed E-state index contributed by atoms with van der Waals surface area (Å²) in [6.45, 7) is 9.76. The van der Waals surface area contributed by atoms with Gasteiger partial charge in [0.25, 0.3) is 0 Å². The molecular formula is C15H25N3O2. The number of rotatable bonds is 5. The summed E-state index contributed by atoms with van der Waals surface area (Å²) in [5, 5.41) is 5.96. The van der Waals surface area contributed by atoms with E-state index in [1.165, 1.54) is 0 Å². The van der Waals surface area contributed by atoms with Crippen LogP contribution in [0.5, 0.6) is 0 Å². The molecule has 0 saturated heterocycles. The lowest BCUT2D eigenvalue weighted by molar-refractivity contribution is 0.0635. The highest BCUT2D eigenvalue weighted by Gasteiger charge is 2.16. The molecule has 1 rings (SSSR count). The molecule has 0 aliphatic carbocycles. The van der Waals surface area contributed by atoms with Gasteiger partial charge in [0.1, 0.15) is 11.4 Å². The van der Waals surface area contributed by atoms with Crippen molar-refractivity contribution in [1.29, 1.82) is 0 Å². The molecule has 5 heteroatoms. The van der Waals surface area contributed by atoms with Gasteiger partial charge in [-0.3, -0.25) is 5.32 Å². The first-order valence-corrected chi connectivity index (χ1v) is 7.02. The van der Waals surface area contributed by atoms with Crippen molar-refractivity contribution in [3.63, 3.8) is 0 Å². The molecule has 1 amide bonds. The average molecular weight is 279 g/mol. The molecule has 5 nitrogen and oxygen atoms in total. The third-order valence-electron chi connectivity index (χ3n) is 2.53. The summed E-state index contributed by atoms with van der Waals surface area (Å²) in [6.07, 6.45) is 3.46. The summed E-state index contributed by atoms with van der Waals surface area (Å²) in [4.78, 5) is 15.8. The number of carbonyl (C=O) groups is 1. The van der Waals surface area contributed by atoms with E-state index in [1.54, 1.807) is 12.3 Å². The lowest BCUT2D eigenvalue weighted by atomic mass is 10.2. The number of hydrogen-bond acceptors (Lipinski definition) is 4. The van der Waals surface area contributed by atoms with E-state index in [0.29, 0.717) is 11.9 Å². The Kier molecular flexibility index (Phi) is 5.80. The van der Waals surface area contributed by atoms with E-state index in [2.05, 4.69) is 29.5 Å². The van der Waals surface area contributed by atoms with E-state index in [4.69, 9.17) is 4.74 Å². The monoisotopic (exact) mass is 279 g/mol. The summed E-state index contributed by atoms with van der Waals surface area (Å²) in [7, 11) is 0. The van der Waals surface area contributed by atoms with Crippen molar-refractivity contribution in [1.82, 2.24) is 4.98 Å². The van der Waals surface area contributed by atoms with E-state index in [9.17, 15) is 4.79 Å². The Labute approximate surface area is 121 Å². The van der Waals surface area contributed by atoms with Crippen LogP contribution in [0.15, 0.2) is 18.3 Å². The Morgan fingerprint density at radius 1 is 1.40 bits per heavy atom. The van der Waals surface area contributed by atoms with Crippen molar-refractivity contribution in [2.45, 2.75) is 59.1 Å². The van der Waals surface area contributed by atoms with Gasteiger partial charge in [-0.1, -0.05) is 13.3 Å². The van der Waals surface area contributed by atoms with Crippen LogP contribution >= 0.6 is 0 Å². The molecule has 1 aromatic rings. The zero-order valence-electron chi connectivity index (χ0n) is 13.0. The maximum Gasteiger partial charge on any atom is 0.413 e. The molecule has 0 bridgehead atoms. The largest absolute Gasteiger partial charge is 0.444 e. The third-order valence-corrected chi connectivity index (χ3v) is 2.53. The standard InChI is InChI=1S/C15H25N3O2/c1-6-7-11(2)17-12-8-9-13(16-10-12)18-14(19)20-15(3,4)5/h8-11,17H,6-7H2,1-5H3,(H,16,18,19). The molecular weight excluding hydrogens is 254 g/mol. The molecule has 112 valence electrons. The van der Waals surface area contributed by atoms with Gasteiger partial charge >= 0.3 is 6.09 Å². The maximum atomic E-state index is 11.6. The molecule has 0 saturated carbocycles. The van der Waals surface area contributed by atoms with Crippen molar-refractivity contribution in [2.75, 3.05) is 10.6 Å². The zero-order chi connectivity index (χ0) is 15.2. The molecule has 1 unspecified atom stereocenters. The molecule has 1 heterocycles. The molecule has 20 heavy (non-hydrogen) atoms. The molecule has 0 radical (unpaired) electrons. The number of ether oxygens (including phenoxy) is 1. The number of anilines is 2. The predicted octanol–water partition coefficient (Wildman–Crippen LogP) is 4.03. The summed E-state index contributed by atoms with van der Waals surface area (Å²) >= 11 is 0. The summed E-state index contributed by atoms with van der Waals surface area (Å²) in [5.74, 6) is 0.480. The highest BCUT2D eigenvalue weighted by molar-refractivity contribution is 5.83. The Hall–Kier alpha value is -1.78. The van der Waals surface area contributed by atoms with Gasteiger partial charge in [-0.05, 0) is 46.2 Å². The van der Waals surface area contributed by atoms with Gasteiger partial charge in [0, 0.05) is 6.04 Å². The van der Waals surface area contributed by atoms with E-state index >= 15 is 0 Å². The first-order chi connectivity index (χ1) is 9.30. The number of hydrogen-bond donors (Lipinski definition) is 2. The smallest absolute Gasteiger partial charge is 0.413 e. The molecule has 1 atom stereocenters. The minimum Gasteiger partial charge on any atom is -0.444 e. The van der Waals surface area contributed by atoms with Crippen LogP contribution < -0.4 is 10.6 Å². The lowest BCUT2D eigenvalue weighted by Gasteiger charge is -2.19. The maximum absolute atomic E-state index is 11.6. The van der Waals surface area contributed by atoms with Crippen LogP contribution in [0.4, 0.5) is 16.3 Å². The van der Waals surface area contributed by atoms with Crippen molar-refractivity contribution < 1.29 is 9.53 Å². The van der Waals surface area contributed by atoms with Crippen LogP contribution in [-0.2, 0) is 4.74 Å². The van der Waals surface area contributed by atoms with E-state index in [-0.39, 0.29) is 0 Å². The van der Waals surface area contributed by atoms with Crippen LogP contribution in [0.1, 0.15) is 47.5 Å². The first kappa shape index (κ1) is 16.3. The number of nitrogens with zero attached hydrogens (tertiary/aromatic N) is 1. The minimum absolute atomic E-state index is 0.409.